The van der Waals surface area contributed by atoms with Crippen LogP contribution in [-0.4, -0.2) is 20.7 Å². The molecular formula is C23H20N4O. The van der Waals surface area contributed by atoms with Crippen molar-refractivity contribution in [1.82, 2.24) is 14.8 Å². The molecule has 0 aliphatic carbocycles. The number of aryl methyl sites for hydroxylation is 1. The van der Waals surface area contributed by atoms with E-state index in [4.69, 9.17) is 0 Å². The molecule has 0 unspecified atom stereocenters. The number of nitrogens with one attached hydrogen (secondary N) is 1. The Morgan fingerprint density at radius 3 is 1.93 bits per heavy atom. The van der Waals surface area contributed by atoms with Gasteiger partial charge >= 0.3 is 0 Å². The topological polar surface area (TPSA) is 59.8 Å². The molecule has 4 rings (SSSR count). The summed E-state index contributed by atoms with van der Waals surface area (Å²) in [7, 11) is 1.90. The quantitative estimate of drug-likeness (QED) is 0.573. The first-order valence-corrected chi connectivity index (χ1v) is 9.07. The van der Waals surface area contributed by atoms with E-state index in [0.29, 0.717) is 0 Å². The molecule has 5 heteroatoms. The molecule has 138 valence electrons. The first-order valence-electron chi connectivity index (χ1n) is 9.07. The van der Waals surface area contributed by atoms with Gasteiger partial charge < -0.3 is 9.88 Å². The molecule has 0 bridgehead atoms. The molecule has 0 aliphatic heterocycles. The number of hydrogen-bond acceptors (Lipinski definition) is 3. The fourth-order valence-corrected chi connectivity index (χ4v) is 3.25. The highest BCUT2D eigenvalue weighted by molar-refractivity contribution is 5.98. The van der Waals surface area contributed by atoms with Gasteiger partial charge in [-0.05, 0) is 35.4 Å². The number of anilines is 1. The van der Waals surface area contributed by atoms with E-state index in [9.17, 15) is 4.79 Å². The van der Waals surface area contributed by atoms with Crippen LogP contribution in [0.2, 0.25) is 0 Å². The second-order valence-electron chi connectivity index (χ2n) is 6.59. The summed E-state index contributed by atoms with van der Waals surface area (Å²) in [5, 5.41) is 11.1. The predicted molar refractivity (Wildman–Crippen MR) is 110 cm³/mol. The highest BCUT2D eigenvalue weighted by Crippen LogP contribution is 2.27. The average molecular weight is 368 g/mol. The molecule has 28 heavy (non-hydrogen) atoms. The molecule has 0 fully saturated rings. The van der Waals surface area contributed by atoms with E-state index in [-0.39, 0.29) is 11.8 Å². The van der Waals surface area contributed by atoms with Gasteiger partial charge in [0, 0.05) is 18.3 Å². The van der Waals surface area contributed by atoms with Crippen molar-refractivity contribution >= 4 is 11.6 Å². The third-order valence-corrected chi connectivity index (χ3v) is 4.65. The SMILES string of the molecule is Cn1cnnc1-c1ccc(NC(=O)C(c2ccccc2)c2ccccc2)cc1. The Hall–Kier alpha value is -3.73. The molecule has 0 spiro atoms. The van der Waals surface area contributed by atoms with Crippen LogP contribution in [0.25, 0.3) is 11.4 Å². The monoisotopic (exact) mass is 368 g/mol. The lowest BCUT2D eigenvalue weighted by Gasteiger charge is -2.18. The van der Waals surface area contributed by atoms with Gasteiger partial charge in [-0.15, -0.1) is 10.2 Å². The van der Waals surface area contributed by atoms with Crippen molar-refractivity contribution in [2.75, 3.05) is 5.32 Å². The molecule has 0 atom stereocenters. The first-order chi connectivity index (χ1) is 13.7. The van der Waals surface area contributed by atoms with E-state index in [2.05, 4.69) is 15.5 Å². The molecule has 1 aromatic heterocycles. The number of carbonyl (C=O) groups is 1. The first kappa shape index (κ1) is 17.7. The van der Waals surface area contributed by atoms with E-state index in [1.165, 1.54) is 0 Å². The smallest absolute Gasteiger partial charge is 0.236 e. The second kappa shape index (κ2) is 7.88. The van der Waals surface area contributed by atoms with Crippen LogP contribution >= 0.6 is 0 Å². The number of nitrogens with zero attached hydrogens (tertiary/aromatic N) is 3. The van der Waals surface area contributed by atoms with Gasteiger partial charge in [0.1, 0.15) is 6.33 Å². The summed E-state index contributed by atoms with van der Waals surface area (Å²) in [5.41, 5.74) is 3.61. The van der Waals surface area contributed by atoms with Crippen molar-refractivity contribution in [3.05, 3.63) is 102 Å². The minimum absolute atomic E-state index is 0.0659. The Morgan fingerprint density at radius 2 is 1.43 bits per heavy atom. The van der Waals surface area contributed by atoms with Gasteiger partial charge in [0.05, 0.1) is 5.92 Å². The summed E-state index contributed by atoms with van der Waals surface area (Å²) >= 11 is 0. The van der Waals surface area contributed by atoms with Crippen molar-refractivity contribution in [2.24, 2.45) is 7.05 Å². The van der Waals surface area contributed by atoms with E-state index in [1.807, 2.05) is 96.5 Å². The summed E-state index contributed by atoms with van der Waals surface area (Å²) in [6.07, 6.45) is 1.66. The van der Waals surface area contributed by atoms with E-state index in [0.717, 1.165) is 28.2 Å². The maximum atomic E-state index is 13.1. The van der Waals surface area contributed by atoms with Gasteiger partial charge in [-0.1, -0.05) is 60.7 Å². The molecule has 4 aromatic rings. The normalized spacial score (nSPS) is 10.8. The molecule has 3 aromatic carbocycles. The van der Waals surface area contributed by atoms with Gasteiger partial charge in [-0.3, -0.25) is 4.79 Å². The summed E-state index contributed by atoms with van der Waals surface area (Å²) in [5.74, 6) is 0.342. The minimum atomic E-state index is -0.374. The number of amides is 1. The highest BCUT2D eigenvalue weighted by Gasteiger charge is 2.22. The lowest BCUT2D eigenvalue weighted by molar-refractivity contribution is -0.116. The van der Waals surface area contributed by atoms with Crippen molar-refractivity contribution in [3.8, 4) is 11.4 Å². The van der Waals surface area contributed by atoms with Crippen LogP contribution in [0.15, 0.2) is 91.3 Å². The minimum Gasteiger partial charge on any atom is -0.325 e. The number of hydrogen-bond donors (Lipinski definition) is 1. The van der Waals surface area contributed by atoms with Crippen LogP contribution in [-0.2, 0) is 11.8 Å². The largest absolute Gasteiger partial charge is 0.325 e. The summed E-state index contributed by atoms with van der Waals surface area (Å²) in [6.45, 7) is 0. The summed E-state index contributed by atoms with van der Waals surface area (Å²) < 4.78 is 1.86. The van der Waals surface area contributed by atoms with Gasteiger partial charge in [0.2, 0.25) is 5.91 Å². The Bertz CT molecular complexity index is 1020. The lowest BCUT2D eigenvalue weighted by Crippen LogP contribution is -2.22. The van der Waals surface area contributed by atoms with E-state index in [1.54, 1.807) is 6.33 Å². The van der Waals surface area contributed by atoms with E-state index < -0.39 is 0 Å². The molecule has 0 saturated heterocycles. The van der Waals surface area contributed by atoms with Gasteiger partial charge in [-0.25, -0.2) is 0 Å². The fraction of sp³-hybridized carbons (Fsp3) is 0.0870. The summed E-state index contributed by atoms with van der Waals surface area (Å²) in [4.78, 5) is 13.1. The molecule has 1 N–H and O–H groups in total. The van der Waals surface area contributed by atoms with E-state index >= 15 is 0 Å². The van der Waals surface area contributed by atoms with Crippen LogP contribution < -0.4 is 5.32 Å². The average Bonchev–Trinajstić information content (AvgIpc) is 3.16. The third kappa shape index (κ3) is 3.69. The second-order valence-corrected chi connectivity index (χ2v) is 6.59. The standard InChI is InChI=1S/C23H20N4O/c1-27-16-24-26-22(27)19-12-14-20(15-13-19)25-23(28)21(17-8-4-2-5-9-17)18-10-6-3-7-11-18/h2-16,21H,1H3,(H,25,28). The van der Waals surface area contributed by atoms with Gasteiger partial charge in [-0.2, -0.15) is 0 Å². The number of carbonyl (C=O) groups excluding carboxylic acids is 1. The lowest BCUT2D eigenvalue weighted by atomic mass is 9.90. The van der Waals surface area contributed by atoms with Gasteiger partial charge in [0.15, 0.2) is 5.82 Å². The molecule has 0 aliphatic rings. The molecule has 1 heterocycles. The number of rotatable bonds is 5. The number of benzene rings is 3. The Balaban J connectivity index is 1.59. The zero-order valence-electron chi connectivity index (χ0n) is 15.5. The Labute approximate surface area is 163 Å². The zero-order chi connectivity index (χ0) is 19.3. The molecule has 0 radical (unpaired) electrons. The Morgan fingerprint density at radius 1 is 0.857 bits per heavy atom. The van der Waals surface area contributed by atoms with Gasteiger partial charge in [0.25, 0.3) is 0 Å². The molecular weight excluding hydrogens is 348 g/mol. The molecule has 0 saturated carbocycles. The van der Waals surface area contributed by atoms with Crippen molar-refractivity contribution < 1.29 is 4.79 Å². The van der Waals surface area contributed by atoms with Crippen LogP contribution in [0.1, 0.15) is 17.0 Å². The van der Waals surface area contributed by atoms with Crippen molar-refractivity contribution in [1.29, 1.82) is 0 Å². The highest BCUT2D eigenvalue weighted by atomic mass is 16.1. The van der Waals surface area contributed by atoms with Crippen LogP contribution in [0, 0.1) is 0 Å². The third-order valence-electron chi connectivity index (χ3n) is 4.65. The fourth-order valence-electron chi connectivity index (χ4n) is 3.25. The predicted octanol–water partition coefficient (Wildman–Crippen LogP) is 4.25. The van der Waals surface area contributed by atoms with Crippen molar-refractivity contribution in [3.63, 3.8) is 0 Å². The molecule has 1 amide bonds. The maximum absolute atomic E-state index is 13.1. The van der Waals surface area contributed by atoms with Crippen LogP contribution in [0.4, 0.5) is 5.69 Å². The van der Waals surface area contributed by atoms with Crippen molar-refractivity contribution in [2.45, 2.75) is 5.92 Å². The zero-order valence-corrected chi connectivity index (χ0v) is 15.5. The van der Waals surface area contributed by atoms with Crippen LogP contribution in [0.3, 0.4) is 0 Å². The maximum Gasteiger partial charge on any atom is 0.236 e. The van der Waals surface area contributed by atoms with Crippen LogP contribution in [0.5, 0.6) is 0 Å². The number of aromatic nitrogens is 3. The summed E-state index contributed by atoms with van der Waals surface area (Å²) in [6, 6.07) is 27.3. The Kier molecular flexibility index (Phi) is 4.97. The molecule has 5 nitrogen and oxygen atoms in total.